The lowest BCUT2D eigenvalue weighted by Crippen LogP contribution is -2.12. The van der Waals surface area contributed by atoms with Gasteiger partial charge in [-0.1, -0.05) is 77.9 Å². The van der Waals surface area contributed by atoms with Crippen molar-refractivity contribution in [2.45, 2.75) is 53.4 Å². The van der Waals surface area contributed by atoms with Gasteiger partial charge in [-0.3, -0.25) is 4.98 Å². The highest BCUT2D eigenvalue weighted by molar-refractivity contribution is 7.22. The quantitative estimate of drug-likeness (QED) is 0.253. The predicted octanol–water partition coefficient (Wildman–Crippen LogP) is 9.54. The van der Waals surface area contributed by atoms with Gasteiger partial charge in [-0.2, -0.15) is 5.26 Å². The molecule has 0 fully saturated rings. The van der Waals surface area contributed by atoms with Crippen LogP contribution in [0.5, 0.6) is 0 Å². The first kappa shape index (κ1) is 24.2. The number of fused-ring (bicyclic) bond motifs is 2. The van der Waals surface area contributed by atoms with Gasteiger partial charge in [0.15, 0.2) is 0 Å². The van der Waals surface area contributed by atoms with Crippen LogP contribution in [0, 0.1) is 16.7 Å². The largest absolute Gasteiger partial charge is 0.255 e. The van der Waals surface area contributed by atoms with Crippen molar-refractivity contribution in [2.24, 2.45) is 5.41 Å². The maximum Gasteiger partial charge on any atom is 0.101 e. The van der Waals surface area contributed by atoms with Crippen LogP contribution in [0.2, 0.25) is 0 Å². The van der Waals surface area contributed by atoms with Crippen LogP contribution in [0.25, 0.3) is 42.6 Å². The summed E-state index contributed by atoms with van der Waals surface area (Å²) in [5.74, 6) is 0. The molecule has 0 spiro atoms. The summed E-state index contributed by atoms with van der Waals surface area (Å²) in [4.78, 5) is 5.83. The van der Waals surface area contributed by atoms with Crippen LogP contribution < -0.4 is 0 Å². The molecule has 5 aromatic rings. The van der Waals surface area contributed by atoms with Crippen molar-refractivity contribution in [3.05, 3.63) is 89.6 Å². The highest BCUT2D eigenvalue weighted by Crippen LogP contribution is 2.39. The Labute approximate surface area is 218 Å². The summed E-state index contributed by atoms with van der Waals surface area (Å²) in [5, 5.41) is 13.6. The number of hydrogen-bond donors (Lipinski definition) is 0. The van der Waals surface area contributed by atoms with Crippen molar-refractivity contribution in [1.29, 1.82) is 5.26 Å². The zero-order chi connectivity index (χ0) is 25.7. The molecule has 3 aromatic carbocycles. The molecule has 180 valence electrons. The van der Waals surface area contributed by atoms with E-state index in [-0.39, 0.29) is 10.8 Å². The van der Waals surface area contributed by atoms with Gasteiger partial charge in [0.05, 0.1) is 11.3 Å². The topological polar surface area (TPSA) is 36.7 Å². The number of pyridine rings is 1. The minimum Gasteiger partial charge on any atom is -0.255 e. The molecule has 0 aliphatic heterocycles. The monoisotopic (exact) mass is 488 g/mol. The van der Waals surface area contributed by atoms with Crippen LogP contribution in [-0.4, -0.2) is 4.98 Å². The molecule has 0 aliphatic rings. The molecular formula is C33H32N2S. The van der Waals surface area contributed by atoms with Crippen molar-refractivity contribution in [1.82, 2.24) is 4.98 Å². The smallest absolute Gasteiger partial charge is 0.101 e. The lowest BCUT2D eigenvalue weighted by atomic mass is 9.82. The number of aromatic nitrogens is 1. The summed E-state index contributed by atoms with van der Waals surface area (Å²) in [6.45, 7) is 13.6. The number of rotatable bonds is 3. The molecular weight excluding hydrogens is 456 g/mol. The zero-order valence-corrected chi connectivity index (χ0v) is 22.8. The first-order valence-corrected chi connectivity index (χ1v) is 13.3. The fourth-order valence-electron chi connectivity index (χ4n) is 4.92. The average molecular weight is 489 g/mol. The Morgan fingerprint density at radius 1 is 0.861 bits per heavy atom. The minimum atomic E-state index is 0.00127. The Morgan fingerprint density at radius 2 is 1.64 bits per heavy atom. The van der Waals surface area contributed by atoms with E-state index < -0.39 is 0 Å². The second kappa shape index (κ2) is 8.87. The van der Waals surface area contributed by atoms with Crippen molar-refractivity contribution in [2.75, 3.05) is 0 Å². The lowest BCUT2D eigenvalue weighted by Gasteiger charge is -2.22. The van der Waals surface area contributed by atoms with E-state index >= 15 is 0 Å². The highest BCUT2D eigenvalue weighted by Gasteiger charge is 2.20. The fraction of sp³-hybridized carbons (Fsp3) is 0.273. The van der Waals surface area contributed by atoms with E-state index in [0.717, 1.165) is 28.1 Å². The van der Waals surface area contributed by atoms with Gasteiger partial charge in [-0.15, -0.1) is 11.3 Å². The predicted molar refractivity (Wildman–Crippen MR) is 155 cm³/mol. The Hall–Kier alpha value is -3.48. The maximum absolute atomic E-state index is 9.89. The molecule has 2 heterocycles. The second-order valence-electron chi connectivity index (χ2n) is 11.9. The molecule has 5 rings (SSSR count). The summed E-state index contributed by atoms with van der Waals surface area (Å²) in [6.07, 6.45) is 2.77. The zero-order valence-electron chi connectivity index (χ0n) is 21.9. The molecule has 0 unspecified atom stereocenters. The lowest BCUT2D eigenvalue weighted by molar-refractivity contribution is 0.411. The molecule has 2 aromatic heterocycles. The van der Waals surface area contributed by atoms with E-state index in [2.05, 4.69) is 114 Å². The van der Waals surface area contributed by atoms with Gasteiger partial charge in [0, 0.05) is 26.9 Å². The Balaban J connectivity index is 1.64. The second-order valence-corrected chi connectivity index (χ2v) is 13.0. The fourth-order valence-corrected chi connectivity index (χ4v) is 6.07. The number of hydrogen-bond acceptors (Lipinski definition) is 3. The molecule has 2 nitrogen and oxygen atoms in total. The maximum atomic E-state index is 9.89. The molecule has 0 aliphatic carbocycles. The Kier molecular flexibility index (Phi) is 5.97. The molecule has 0 atom stereocenters. The SMILES string of the molecule is CC(C)(C)Cc1ccc2cc(-c3cc(-c4cc(C(C)(C)C)c5ccccc5c4)ncc3C#N)sc2c1. The van der Waals surface area contributed by atoms with Crippen LogP contribution in [0.3, 0.4) is 0 Å². The normalized spacial score (nSPS) is 12.2. The van der Waals surface area contributed by atoms with Crippen molar-refractivity contribution >= 4 is 32.2 Å². The number of nitrogens with zero attached hydrogens (tertiary/aromatic N) is 2. The van der Waals surface area contributed by atoms with Gasteiger partial charge in [-0.25, -0.2) is 0 Å². The molecule has 0 amide bonds. The van der Waals surface area contributed by atoms with Crippen molar-refractivity contribution in [3.63, 3.8) is 0 Å². The van der Waals surface area contributed by atoms with Gasteiger partial charge in [-0.05, 0) is 74.9 Å². The van der Waals surface area contributed by atoms with Crippen LogP contribution >= 0.6 is 11.3 Å². The average Bonchev–Trinajstić information content (AvgIpc) is 3.24. The Bertz CT molecular complexity index is 1640. The van der Waals surface area contributed by atoms with Crippen molar-refractivity contribution in [3.8, 4) is 27.8 Å². The third kappa shape index (κ3) is 4.79. The van der Waals surface area contributed by atoms with Gasteiger partial charge in [0.1, 0.15) is 6.07 Å². The van der Waals surface area contributed by atoms with Gasteiger partial charge in [0.2, 0.25) is 0 Å². The van der Waals surface area contributed by atoms with E-state index in [0.29, 0.717) is 5.56 Å². The van der Waals surface area contributed by atoms with E-state index in [4.69, 9.17) is 4.98 Å². The number of thiophene rings is 1. The number of nitriles is 1. The van der Waals surface area contributed by atoms with Crippen LogP contribution in [0.4, 0.5) is 0 Å². The first-order chi connectivity index (χ1) is 17.0. The van der Waals surface area contributed by atoms with E-state index in [1.807, 2.05) is 0 Å². The Morgan fingerprint density at radius 3 is 2.36 bits per heavy atom. The van der Waals surface area contributed by atoms with Crippen LogP contribution in [0.15, 0.2) is 72.9 Å². The molecule has 0 N–H and O–H groups in total. The molecule has 0 radical (unpaired) electrons. The summed E-state index contributed by atoms with van der Waals surface area (Å²) in [7, 11) is 0. The van der Waals surface area contributed by atoms with Crippen LogP contribution in [-0.2, 0) is 11.8 Å². The molecule has 0 bridgehead atoms. The first-order valence-electron chi connectivity index (χ1n) is 12.5. The highest BCUT2D eigenvalue weighted by atomic mass is 32.1. The minimum absolute atomic E-state index is 0.00127. The van der Waals surface area contributed by atoms with E-state index in [9.17, 15) is 5.26 Å². The molecule has 0 saturated heterocycles. The third-order valence-corrected chi connectivity index (χ3v) is 7.71. The third-order valence-electron chi connectivity index (χ3n) is 6.57. The molecule has 3 heteroatoms. The summed E-state index contributed by atoms with van der Waals surface area (Å²) < 4.78 is 1.26. The van der Waals surface area contributed by atoms with Crippen LogP contribution in [0.1, 0.15) is 58.2 Å². The molecule has 36 heavy (non-hydrogen) atoms. The summed E-state index contributed by atoms with van der Waals surface area (Å²) >= 11 is 1.76. The van der Waals surface area contributed by atoms with Gasteiger partial charge in [0.25, 0.3) is 0 Å². The summed E-state index contributed by atoms with van der Waals surface area (Å²) in [5.41, 5.74) is 6.43. The summed E-state index contributed by atoms with van der Waals surface area (Å²) in [6, 6.07) is 26.5. The van der Waals surface area contributed by atoms with Gasteiger partial charge >= 0.3 is 0 Å². The van der Waals surface area contributed by atoms with Gasteiger partial charge < -0.3 is 0 Å². The molecule has 0 saturated carbocycles. The number of benzene rings is 3. The van der Waals surface area contributed by atoms with E-state index in [1.54, 1.807) is 17.5 Å². The van der Waals surface area contributed by atoms with E-state index in [1.165, 1.54) is 32.0 Å². The van der Waals surface area contributed by atoms with Crippen molar-refractivity contribution < 1.29 is 0 Å². The standard InChI is InChI=1S/C33H32N2S/c1-32(2,3)18-21-11-12-23-16-31(36-30(23)13-21)27-17-29(35-20-25(27)19-34)24-14-22-9-7-8-10-26(22)28(15-24)33(4,5)6/h7-17,20H,18H2,1-6H3.